The Hall–Kier alpha value is -5.26. The smallest absolute Gasteiger partial charge is 0.329 e. The van der Waals surface area contributed by atoms with Crippen LogP contribution in [0.2, 0.25) is 0 Å². The van der Waals surface area contributed by atoms with Gasteiger partial charge in [0.15, 0.2) is 0 Å². The Morgan fingerprint density at radius 2 is 1.56 bits per heavy atom. The van der Waals surface area contributed by atoms with Crippen LogP contribution >= 0.6 is 0 Å². The number of benzene rings is 1. The summed E-state index contributed by atoms with van der Waals surface area (Å²) in [7, 11) is 2.94. The number of amides is 7. The highest BCUT2D eigenvalue weighted by atomic mass is 16.5. The fourth-order valence-electron chi connectivity index (χ4n) is 7.59. The maximum Gasteiger partial charge on any atom is 0.329 e. The number of fused-ring (bicyclic) bond motifs is 1. The van der Waals surface area contributed by atoms with Gasteiger partial charge < -0.3 is 41.0 Å². The molecule has 0 aromatic heterocycles. The molecule has 2 aliphatic rings. The van der Waals surface area contributed by atoms with Gasteiger partial charge in [-0.05, 0) is 67.6 Å². The predicted octanol–water partition coefficient (Wildman–Crippen LogP) is 0.964. The van der Waals surface area contributed by atoms with Crippen molar-refractivity contribution < 1.29 is 47.8 Å². The van der Waals surface area contributed by atoms with E-state index < -0.39 is 108 Å². The summed E-state index contributed by atoms with van der Waals surface area (Å²) in [5.41, 5.74) is 3.66. The van der Waals surface area contributed by atoms with Crippen LogP contribution in [0.3, 0.4) is 0 Å². The first-order chi connectivity index (χ1) is 28.7. The van der Waals surface area contributed by atoms with E-state index in [2.05, 4.69) is 32.0 Å². The van der Waals surface area contributed by atoms with Gasteiger partial charge >= 0.3 is 5.97 Å². The van der Waals surface area contributed by atoms with Crippen LogP contribution in [0.25, 0.3) is 0 Å². The van der Waals surface area contributed by atoms with Gasteiger partial charge in [-0.15, -0.1) is 0 Å². The topological polar surface area (TPSA) is 234 Å². The van der Waals surface area contributed by atoms with Crippen molar-refractivity contribution in [3.63, 3.8) is 0 Å². The average molecular weight is 857 g/mol. The van der Waals surface area contributed by atoms with E-state index in [0.717, 1.165) is 0 Å². The molecule has 6 N–H and O–H groups in total. The second-order valence-electron chi connectivity index (χ2n) is 17.2. The molecule has 340 valence electrons. The molecule has 0 radical (unpaired) electrons. The van der Waals surface area contributed by atoms with Gasteiger partial charge in [0.1, 0.15) is 54.1 Å². The minimum absolute atomic E-state index is 0.0712. The minimum atomic E-state index is -1.62. The standard InChI is InChI=1S/C43H68N8O10/c1-12-26(8)34-42(58)51-32(14-13-19-45-51)38(54)47-31(20-23(2)3)41(57)50(10)36(25(6)7)43(59)61-27(9)35(49-39(55)33(24(4)5)44-22-52)40(56)46-30(37(53)48-34)21-28-15-17-29(60-11)18-16-28/h15-18,22-27,30-36,45H,12-14,19-21H2,1-11H3,(H,44,52)(H,46,56)(H,47,54)(H,48,53)(H,49,55)/t26-,27-,30-,31-,32-,33-,34+,35-,36-/m0/s1. The first kappa shape index (κ1) is 50.1. The minimum Gasteiger partial charge on any atom is -0.497 e. The number of nitrogens with zero attached hydrogens (tertiary/aromatic N) is 2. The summed E-state index contributed by atoms with van der Waals surface area (Å²) in [5.74, 6) is -5.93. The van der Waals surface area contributed by atoms with Crippen molar-refractivity contribution in [1.29, 1.82) is 0 Å². The van der Waals surface area contributed by atoms with E-state index in [0.29, 0.717) is 37.1 Å². The number of esters is 1. The SMILES string of the molecule is CC[C@H](C)[C@H]1NC(=O)[C@H](Cc2ccc(OC)cc2)NC(=O)[C@@H](NC(=O)[C@@H](NC=O)C(C)C)[C@H](C)OC(=O)[C@H](C(C)C)N(C)C(=O)[C@H](CC(C)C)NC(=O)[C@@H]2CCCNN2C1=O. The number of hydrogen-bond acceptors (Lipinski definition) is 11. The van der Waals surface area contributed by atoms with Gasteiger partial charge in [-0.1, -0.05) is 73.9 Å². The molecule has 3 rings (SSSR count). The van der Waals surface area contributed by atoms with Crippen molar-refractivity contribution >= 4 is 47.8 Å². The first-order valence-electron chi connectivity index (χ1n) is 21.3. The van der Waals surface area contributed by atoms with E-state index in [1.54, 1.807) is 58.9 Å². The maximum atomic E-state index is 14.6. The molecule has 18 heteroatoms. The van der Waals surface area contributed by atoms with Crippen molar-refractivity contribution in [3.8, 4) is 5.75 Å². The summed E-state index contributed by atoms with van der Waals surface area (Å²) in [6.07, 6.45) is 0.369. The van der Waals surface area contributed by atoms with E-state index >= 15 is 0 Å². The zero-order valence-electron chi connectivity index (χ0n) is 37.5. The molecular weight excluding hydrogens is 789 g/mol. The highest BCUT2D eigenvalue weighted by Gasteiger charge is 2.43. The highest BCUT2D eigenvalue weighted by molar-refractivity contribution is 5.98. The molecule has 1 aromatic rings. The molecule has 0 saturated carbocycles. The number of rotatable bonds is 13. The van der Waals surface area contributed by atoms with Crippen molar-refractivity contribution in [1.82, 2.24) is 41.9 Å². The van der Waals surface area contributed by atoms with Crippen molar-refractivity contribution in [2.45, 2.75) is 143 Å². The summed E-state index contributed by atoms with van der Waals surface area (Å²) in [6.45, 7) is 16.0. The summed E-state index contributed by atoms with van der Waals surface area (Å²) >= 11 is 0. The molecule has 0 unspecified atom stereocenters. The predicted molar refractivity (Wildman–Crippen MR) is 226 cm³/mol. The van der Waals surface area contributed by atoms with E-state index in [4.69, 9.17) is 9.47 Å². The molecule has 18 nitrogen and oxygen atoms in total. The third kappa shape index (κ3) is 13.4. The molecule has 7 amide bonds. The summed E-state index contributed by atoms with van der Waals surface area (Å²) in [6, 6.07) is -1.77. The zero-order chi connectivity index (χ0) is 45.7. The summed E-state index contributed by atoms with van der Waals surface area (Å²) < 4.78 is 11.2. The van der Waals surface area contributed by atoms with Gasteiger partial charge in [-0.3, -0.25) is 38.6 Å². The van der Waals surface area contributed by atoms with Crippen molar-refractivity contribution in [2.24, 2.45) is 23.7 Å². The Morgan fingerprint density at radius 3 is 2.11 bits per heavy atom. The lowest BCUT2D eigenvalue weighted by Crippen LogP contribution is -2.66. The first-order valence-corrected chi connectivity index (χ1v) is 21.3. The van der Waals surface area contributed by atoms with Gasteiger partial charge in [0.25, 0.3) is 5.91 Å². The van der Waals surface area contributed by atoms with Gasteiger partial charge in [-0.25, -0.2) is 10.2 Å². The van der Waals surface area contributed by atoms with E-state index in [1.807, 2.05) is 20.8 Å². The number of cyclic esters (lactones) is 1. The molecule has 0 bridgehead atoms. The van der Waals surface area contributed by atoms with Crippen molar-refractivity contribution in [2.75, 3.05) is 20.7 Å². The van der Waals surface area contributed by atoms with Crippen LogP contribution in [-0.4, -0.2) is 127 Å². The van der Waals surface area contributed by atoms with E-state index in [-0.39, 0.29) is 25.2 Å². The van der Waals surface area contributed by atoms with Crippen LogP contribution in [-0.2, 0) is 49.5 Å². The Kier molecular flexibility index (Phi) is 19.0. The third-order valence-electron chi connectivity index (χ3n) is 11.3. The average Bonchev–Trinajstić information content (AvgIpc) is 3.21. The molecule has 0 spiro atoms. The quantitative estimate of drug-likeness (QED) is 0.121. The molecule has 9 atom stereocenters. The summed E-state index contributed by atoms with van der Waals surface area (Å²) in [4.78, 5) is 113. The molecule has 1 aromatic carbocycles. The molecule has 2 heterocycles. The number of likely N-dealkylation sites (N-methyl/N-ethyl adjacent to an activating group) is 1. The number of hydrogen-bond donors (Lipinski definition) is 6. The second-order valence-corrected chi connectivity index (χ2v) is 17.2. The van der Waals surface area contributed by atoms with Gasteiger partial charge in [0.05, 0.1) is 7.11 Å². The van der Waals surface area contributed by atoms with E-state index in [9.17, 15) is 38.4 Å². The third-order valence-corrected chi connectivity index (χ3v) is 11.3. The van der Waals surface area contributed by atoms with Crippen LogP contribution < -0.4 is 36.7 Å². The van der Waals surface area contributed by atoms with Crippen LogP contribution in [0.1, 0.15) is 93.6 Å². The zero-order valence-corrected chi connectivity index (χ0v) is 37.5. The lowest BCUT2D eigenvalue weighted by atomic mass is 9.95. The molecule has 61 heavy (non-hydrogen) atoms. The lowest BCUT2D eigenvalue weighted by molar-refractivity contribution is -0.163. The Morgan fingerprint density at radius 1 is 0.918 bits per heavy atom. The molecule has 2 saturated heterocycles. The monoisotopic (exact) mass is 857 g/mol. The molecular formula is C43H68N8O10. The molecule has 0 aliphatic carbocycles. The van der Waals surface area contributed by atoms with Crippen LogP contribution in [0.5, 0.6) is 5.75 Å². The molecule has 2 aliphatic heterocycles. The maximum absolute atomic E-state index is 14.6. The fraction of sp³-hybridized carbons (Fsp3) is 0.674. The normalized spacial score (nSPS) is 26.2. The lowest BCUT2D eigenvalue weighted by Gasteiger charge is -2.39. The molecule has 2 fully saturated rings. The van der Waals surface area contributed by atoms with Crippen molar-refractivity contribution in [3.05, 3.63) is 29.8 Å². The Bertz CT molecular complexity index is 1710. The Labute approximate surface area is 359 Å². The number of nitrogens with one attached hydrogen (secondary N) is 6. The summed E-state index contributed by atoms with van der Waals surface area (Å²) in [5, 5.41) is 14.8. The number of ether oxygens (including phenoxy) is 2. The second kappa shape index (κ2) is 23.1. The number of methoxy groups -OCH3 is 1. The van der Waals surface area contributed by atoms with Gasteiger partial charge in [-0.2, -0.15) is 0 Å². The van der Waals surface area contributed by atoms with Crippen LogP contribution in [0.15, 0.2) is 24.3 Å². The number of carbonyl (C=O) groups excluding carboxylic acids is 8. The van der Waals surface area contributed by atoms with Gasteiger partial charge in [0, 0.05) is 20.0 Å². The van der Waals surface area contributed by atoms with Crippen LogP contribution in [0, 0.1) is 23.7 Å². The van der Waals surface area contributed by atoms with Crippen LogP contribution in [0.4, 0.5) is 0 Å². The largest absolute Gasteiger partial charge is 0.497 e. The fourth-order valence-corrected chi connectivity index (χ4v) is 7.59. The number of hydrazine groups is 1. The highest BCUT2D eigenvalue weighted by Crippen LogP contribution is 2.22. The number of carbonyl (C=O) groups is 8. The Balaban J connectivity index is 2.26. The van der Waals surface area contributed by atoms with E-state index in [1.165, 1.54) is 31.0 Å². The van der Waals surface area contributed by atoms with Gasteiger partial charge in [0.2, 0.25) is 35.9 Å².